The zero-order chi connectivity index (χ0) is 11.7. The van der Waals surface area contributed by atoms with Crippen molar-refractivity contribution in [1.82, 2.24) is 0 Å². The van der Waals surface area contributed by atoms with Crippen molar-refractivity contribution in [3.8, 4) is 0 Å². The van der Waals surface area contributed by atoms with Crippen LogP contribution in [-0.2, 0) is 0 Å². The fourth-order valence-corrected chi connectivity index (χ4v) is 4.54. The molecule has 0 aliphatic heterocycles. The molecule has 0 atom stereocenters. The van der Waals surface area contributed by atoms with Crippen LogP contribution in [0.2, 0.25) is 0 Å². The first-order valence-electron chi connectivity index (χ1n) is 5.84. The highest BCUT2D eigenvalue weighted by Crippen LogP contribution is 2.24. The number of aryl methyl sites for hydroxylation is 2. The summed E-state index contributed by atoms with van der Waals surface area (Å²) < 4.78 is 0. The Bertz CT molecular complexity index is 446. The fraction of sp³-hybridized carbons (Fsp3) is 0.267. The number of benzene rings is 1. The Morgan fingerprint density at radius 1 is 0.812 bits per heavy atom. The highest BCUT2D eigenvalue weighted by molar-refractivity contribution is 6.61. The van der Waals surface area contributed by atoms with Gasteiger partial charge in [-0.05, 0) is 27.7 Å². The van der Waals surface area contributed by atoms with Crippen molar-refractivity contribution in [2.24, 2.45) is 0 Å². The lowest BCUT2D eigenvalue weighted by Gasteiger charge is -2.10. The molecule has 2 rings (SSSR count). The van der Waals surface area contributed by atoms with Gasteiger partial charge in [0.05, 0.1) is 9.52 Å². The Morgan fingerprint density at radius 3 is 1.94 bits per heavy atom. The monoisotopic (exact) mass is 227 g/mol. The van der Waals surface area contributed by atoms with Crippen molar-refractivity contribution in [1.29, 1.82) is 0 Å². The van der Waals surface area contributed by atoms with Gasteiger partial charge in [0, 0.05) is 5.54 Å². The Morgan fingerprint density at radius 2 is 1.44 bits per heavy atom. The molecule has 0 fully saturated rings. The molecule has 1 aliphatic rings. The third-order valence-electron chi connectivity index (χ3n) is 3.03. The number of allylic oxidation sites excluding steroid dienone is 4. The predicted octanol–water partition coefficient (Wildman–Crippen LogP) is 2.54. The smallest absolute Gasteiger partial charge is 0.0717 e. The number of hydrogen-bond donors (Lipinski definition) is 0. The molecule has 0 saturated carbocycles. The molecule has 0 bridgehead atoms. The maximum absolute atomic E-state index is 2.36. The summed E-state index contributed by atoms with van der Waals surface area (Å²) in [6, 6.07) is 6.95. The summed E-state index contributed by atoms with van der Waals surface area (Å²) in [7, 11) is -0.285. The molecule has 0 amide bonds. The molecule has 1 aromatic rings. The van der Waals surface area contributed by atoms with Gasteiger partial charge < -0.3 is 0 Å². The standard InChI is InChI=1S/C15H19Si/c1-10-5-11(2)8-14(7-10)16-15-9-12(3)6-13(15)4/h5-9H,16H2,1-4H3. The molecule has 16 heavy (non-hydrogen) atoms. The molecule has 0 nitrogen and oxygen atoms in total. The minimum atomic E-state index is -0.285. The van der Waals surface area contributed by atoms with Gasteiger partial charge >= 0.3 is 0 Å². The van der Waals surface area contributed by atoms with E-state index in [9.17, 15) is 0 Å². The maximum Gasteiger partial charge on any atom is 0.0717 e. The zero-order valence-electron chi connectivity index (χ0n) is 10.6. The van der Waals surface area contributed by atoms with Gasteiger partial charge in [0.1, 0.15) is 0 Å². The Balaban J connectivity index is 2.19. The SMILES string of the molecule is CC1=C[C]([SiH2]c2cc(C)cc(C)c2)C(C)=C1. The van der Waals surface area contributed by atoms with E-state index in [1.165, 1.54) is 22.3 Å². The van der Waals surface area contributed by atoms with Crippen molar-refractivity contribution in [3.05, 3.63) is 58.2 Å². The summed E-state index contributed by atoms with van der Waals surface area (Å²) in [5, 5.41) is 1.56. The van der Waals surface area contributed by atoms with Crippen LogP contribution in [0.4, 0.5) is 0 Å². The van der Waals surface area contributed by atoms with Crippen molar-refractivity contribution in [2.45, 2.75) is 27.7 Å². The quantitative estimate of drug-likeness (QED) is 0.681. The molecule has 0 unspecified atom stereocenters. The third kappa shape index (κ3) is 2.53. The average molecular weight is 227 g/mol. The summed E-state index contributed by atoms with van der Waals surface area (Å²) in [6.45, 7) is 8.80. The maximum atomic E-state index is 2.36. The van der Waals surface area contributed by atoms with Gasteiger partial charge in [0.2, 0.25) is 0 Å². The fourth-order valence-electron chi connectivity index (χ4n) is 2.45. The van der Waals surface area contributed by atoms with E-state index in [1.54, 1.807) is 10.7 Å². The van der Waals surface area contributed by atoms with Crippen LogP contribution in [0.5, 0.6) is 0 Å². The molecule has 0 spiro atoms. The van der Waals surface area contributed by atoms with Gasteiger partial charge in [-0.2, -0.15) is 0 Å². The molecule has 1 heteroatoms. The molecule has 0 aromatic heterocycles. The predicted molar refractivity (Wildman–Crippen MR) is 74.9 cm³/mol. The third-order valence-corrected chi connectivity index (χ3v) is 4.99. The van der Waals surface area contributed by atoms with Crippen LogP contribution in [0, 0.1) is 19.4 Å². The molecule has 1 aliphatic carbocycles. The van der Waals surface area contributed by atoms with Gasteiger partial charge in [-0.1, -0.05) is 57.8 Å². The summed E-state index contributed by atoms with van der Waals surface area (Å²) in [5.74, 6) is 0. The van der Waals surface area contributed by atoms with Crippen molar-refractivity contribution in [3.63, 3.8) is 0 Å². The molecule has 1 aromatic carbocycles. The van der Waals surface area contributed by atoms with Gasteiger partial charge in [0.25, 0.3) is 0 Å². The minimum absolute atomic E-state index is 0.285. The van der Waals surface area contributed by atoms with Crippen molar-refractivity contribution in [2.75, 3.05) is 0 Å². The largest absolute Gasteiger partial charge is 0.0735 e. The second-order valence-electron chi connectivity index (χ2n) is 4.91. The van der Waals surface area contributed by atoms with Gasteiger partial charge in [-0.3, -0.25) is 0 Å². The van der Waals surface area contributed by atoms with Crippen LogP contribution in [0.1, 0.15) is 25.0 Å². The lowest BCUT2D eigenvalue weighted by atomic mass is 10.2. The Hall–Kier alpha value is -1.08. The molecular formula is C15H19Si. The van der Waals surface area contributed by atoms with E-state index < -0.39 is 0 Å². The average Bonchev–Trinajstić information content (AvgIpc) is 2.43. The van der Waals surface area contributed by atoms with Crippen LogP contribution in [0.3, 0.4) is 0 Å². The Kier molecular flexibility index (Phi) is 3.15. The van der Waals surface area contributed by atoms with Crippen LogP contribution in [-0.4, -0.2) is 9.52 Å². The summed E-state index contributed by atoms with van der Waals surface area (Å²) in [5.41, 5.74) is 7.27. The van der Waals surface area contributed by atoms with Crippen molar-refractivity contribution >= 4 is 14.7 Å². The second-order valence-corrected chi connectivity index (χ2v) is 6.85. The molecule has 1 radical (unpaired) electrons. The van der Waals surface area contributed by atoms with E-state index in [0.717, 1.165) is 0 Å². The summed E-state index contributed by atoms with van der Waals surface area (Å²) in [6.07, 6.45) is 4.66. The van der Waals surface area contributed by atoms with E-state index in [2.05, 4.69) is 58.0 Å². The normalized spacial score (nSPS) is 17.0. The molecule has 0 N–H and O–H groups in total. The van der Waals surface area contributed by atoms with E-state index >= 15 is 0 Å². The van der Waals surface area contributed by atoms with Gasteiger partial charge in [0.15, 0.2) is 0 Å². The van der Waals surface area contributed by atoms with E-state index in [4.69, 9.17) is 0 Å². The molecular weight excluding hydrogens is 208 g/mol. The van der Waals surface area contributed by atoms with Gasteiger partial charge in [-0.15, -0.1) is 0 Å². The second kappa shape index (κ2) is 4.42. The van der Waals surface area contributed by atoms with Crippen LogP contribution in [0.25, 0.3) is 0 Å². The lowest BCUT2D eigenvalue weighted by Crippen LogP contribution is -2.21. The van der Waals surface area contributed by atoms with Gasteiger partial charge in [-0.25, -0.2) is 0 Å². The highest BCUT2D eigenvalue weighted by Gasteiger charge is 2.15. The highest BCUT2D eigenvalue weighted by atomic mass is 28.2. The first-order valence-corrected chi connectivity index (χ1v) is 7.26. The topological polar surface area (TPSA) is 0 Å². The van der Waals surface area contributed by atoms with E-state index in [1.807, 2.05) is 0 Å². The zero-order valence-corrected chi connectivity index (χ0v) is 12.0. The van der Waals surface area contributed by atoms with Crippen LogP contribution < -0.4 is 5.19 Å². The van der Waals surface area contributed by atoms with E-state index in [0.29, 0.717) is 0 Å². The summed E-state index contributed by atoms with van der Waals surface area (Å²) in [4.78, 5) is 0. The molecule has 83 valence electrons. The first kappa shape index (κ1) is 11.4. The Labute approximate surface area is 101 Å². The summed E-state index contributed by atoms with van der Waals surface area (Å²) >= 11 is 0. The van der Waals surface area contributed by atoms with Crippen LogP contribution >= 0.6 is 0 Å². The molecule has 0 heterocycles. The number of rotatable bonds is 2. The van der Waals surface area contributed by atoms with E-state index in [-0.39, 0.29) is 9.52 Å². The number of hydrogen-bond acceptors (Lipinski definition) is 0. The lowest BCUT2D eigenvalue weighted by molar-refractivity contribution is 1.39. The minimum Gasteiger partial charge on any atom is -0.0735 e. The van der Waals surface area contributed by atoms with Crippen molar-refractivity contribution < 1.29 is 0 Å². The molecule has 0 saturated heterocycles. The van der Waals surface area contributed by atoms with Crippen LogP contribution in [0.15, 0.2) is 41.5 Å². The first-order chi connectivity index (χ1) is 7.54.